The van der Waals surface area contributed by atoms with E-state index in [0.29, 0.717) is 23.7 Å². The Balaban J connectivity index is 1.48. The van der Waals surface area contributed by atoms with E-state index < -0.39 is 18.0 Å². The summed E-state index contributed by atoms with van der Waals surface area (Å²) in [4.78, 5) is 29.1. The summed E-state index contributed by atoms with van der Waals surface area (Å²) < 4.78 is 16.5. The zero-order valence-corrected chi connectivity index (χ0v) is 23.1. The highest BCUT2D eigenvalue weighted by atomic mass is 35.5. The lowest BCUT2D eigenvalue weighted by Crippen LogP contribution is -2.47. The van der Waals surface area contributed by atoms with Gasteiger partial charge in [-0.1, -0.05) is 66.1 Å². The van der Waals surface area contributed by atoms with E-state index in [-0.39, 0.29) is 24.7 Å². The summed E-state index contributed by atoms with van der Waals surface area (Å²) in [6.45, 7) is 2.30. The van der Waals surface area contributed by atoms with Crippen LogP contribution in [0.4, 0.5) is 4.79 Å². The maximum atomic E-state index is 13.2. The van der Waals surface area contributed by atoms with Crippen LogP contribution in [-0.4, -0.2) is 42.5 Å². The monoisotopic (exact) mass is 572 g/mol. The number of rotatable bonds is 12. The molecule has 1 atom stereocenters. The van der Waals surface area contributed by atoms with Crippen LogP contribution in [0.5, 0.6) is 11.5 Å². The van der Waals surface area contributed by atoms with Gasteiger partial charge < -0.3 is 24.5 Å². The molecule has 4 aromatic rings. The van der Waals surface area contributed by atoms with Gasteiger partial charge in [0.25, 0.3) is 5.91 Å². The molecule has 0 saturated carbocycles. The maximum absolute atomic E-state index is 13.2. The van der Waals surface area contributed by atoms with E-state index in [1.807, 2.05) is 67.7 Å². The molecule has 0 radical (unpaired) electrons. The second-order valence-corrected chi connectivity index (χ2v) is 9.22. The van der Waals surface area contributed by atoms with Crippen molar-refractivity contribution in [2.45, 2.75) is 26.0 Å². The molecule has 10 heteroatoms. The Hall–Kier alpha value is -4.94. The number of hydrogen-bond acceptors (Lipinski definition) is 6. The van der Waals surface area contributed by atoms with Gasteiger partial charge in [-0.15, -0.1) is 6.42 Å². The number of carbonyl (C=O) groups is 2. The molecule has 9 nitrogen and oxygen atoms in total. The number of alkyl carbamates (subject to hydrolysis) is 1. The third-order valence-electron chi connectivity index (χ3n) is 5.94. The highest BCUT2D eigenvalue weighted by Gasteiger charge is 2.23. The first kappa shape index (κ1) is 29.1. The fourth-order valence-corrected chi connectivity index (χ4v) is 4.34. The molecule has 0 unspecified atom stereocenters. The van der Waals surface area contributed by atoms with Crippen LogP contribution in [0.25, 0.3) is 10.9 Å². The summed E-state index contributed by atoms with van der Waals surface area (Å²) in [7, 11) is 0. The molecule has 0 spiro atoms. The van der Waals surface area contributed by atoms with E-state index in [9.17, 15) is 9.59 Å². The molecule has 2 amide bonds. The Morgan fingerprint density at radius 3 is 2.68 bits per heavy atom. The number of para-hydroxylation sites is 1. The lowest BCUT2D eigenvalue weighted by Gasteiger charge is -2.17. The first-order valence-corrected chi connectivity index (χ1v) is 13.2. The number of nitrogens with zero attached hydrogens (tertiary/aromatic N) is 1. The number of nitrogens with one attached hydrogen (secondary N) is 3. The van der Waals surface area contributed by atoms with Crippen LogP contribution in [-0.2, 0) is 22.6 Å². The van der Waals surface area contributed by atoms with Crippen molar-refractivity contribution in [3.8, 4) is 23.8 Å². The van der Waals surface area contributed by atoms with Crippen LogP contribution in [0.2, 0.25) is 5.02 Å². The Kier molecular flexibility index (Phi) is 10.2. The van der Waals surface area contributed by atoms with Gasteiger partial charge in [0.1, 0.15) is 19.3 Å². The number of hydrazone groups is 1. The second kappa shape index (κ2) is 14.4. The second-order valence-electron chi connectivity index (χ2n) is 8.81. The molecule has 4 rings (SSSR count). The summed E-state index contributed by atoms with van der Waals surface area (Å²) in [5.74, 6) is 2.57. The number of aromatic nitrogens is 1. The van der Waals surface area contributed by atoms with Crippen molar-refractivity contribution in [3.63, 3.8) is 0 Å². The number of terminal acetylenes is 1. The van der Waals surface area contributed by atoms with E-state index >= 15 is 0 Å². The minimum Gasteiger partial charge on any atom is -0.490 e. The van der Waals surface area contributed by atoms with Crippen molar-refractivity contribution >= 4 is 40.7 Å². The SMILES string of the molecule is C#CCOc1c(Cl)cc(/C=N\NC(=O)[C@H](Cc2c[nH]c3ccccc23)NC(=O)OCc2ccccc2)cc1OCC. The summed E-state index contributed by atoms with van der Waals surface area (Å²) >= 11 is 6.37. The van der Waals surface area contributed by atoms with E-state index in [1.165, 1.54) is 6.21 Å². The number of carbonyl (C=O) groups excluding carboxylic acids is 2. The van der Waals surface area contributed by atoms with E-state index in [2.05, 4.69) is 26.7 Å². The molecule has 41 heavy (non-hydrogen) atoms. The third-order valence-corrected chi connectivity index (χ3v) is 6.22. The first-order valence-electron chi connectivity index (χ1n) is 12.9. The summed E-state index contributed by atoms with van der Waals surface area (Å²) in [6, 6.07) is 19.3. The van der Waals surface area contributed by atoms with Gasteiger partial charge in [0.2, 0.25) is 0 Å². The van der Waals surface area contributed by atoms with Gasteiger partial charge in [-0.25, -0.2) is 10.2 Å². The lowest BCUT2D eigenvalue weighted by atomic mass is 10.0. The zero-order valence-electron chi connectivity index (χ0n) is 22.4. The average molecular weight is 573 g/mol. The Morgan fingerprint density at radius 1 is 1.12 bits per heavy atom. The summed E-state index contributed by atoms with van der Waals surface area (Å²) in [5.41, 5.74) is 5.65. The van der Waals surface area contributed by atoms with Gasteiger partial charge in [-0.3, -0.25) is 4.79 Å². The first-order chi connectivity index (χ1) is 20.0. The molecule has 0 fully saturated rings. The van der Waals surface area contributed by atoms with Gasteiger partial charge in [0.05, 0.1) is 17.8 Å². The molecule has 0 aliphatic carbocycles. The topological polar surface area (TPSA) is 114 Å². The number of hydrogen-bond donors (Lipinski definition) is 3. The van der Waals surface area contributed by atoms with Crippen LogP contribution in [0.1, 0.15) is 23.6 Å². The van der Waals surface area contributed by atoms with Crippen LogP contribution in [0.15, 0.2) is 78.0 Å². The molecule has 0 aliphatic heterocycles. The maximum Gasteiger partial charge on any atom is 0.408 e. The normalized spacial score (nSPS) is 11.5. The van der Waals surface area contributed by atoms with Gasteiger partial charge in [0, 0.05) is 23.5 Å². The molecule has 0 saturated heterocycles. The fourth-order valence-electron chi connectivity index (χ4n) is 4.06. The van der Waals surface area contributed by atoms with E-state index in [1.54, 1.807) is 12.1 Å². The van der Waals surface area contributed by atoms with Crippen LogP contribution >= 0.6 is 11.6 Å². The Bertz CT molecular complexity index is 1560. The number of aromatic amines is 1. The number of ether oxygens (including phenoxy) is 3. The van der Waals surface area contributed by atoms with E-state index in [4.69, 9.17) is 32.2 Å². The minimum atomic E-state index is -0.975. The van der Waals surface area contributed by atoms with Crippen molar-refractivity contribution in [2.24, 2.45) is 5.10 Å². The van der Waals surface area contributed by atoms with Crippen LogP contribution in [0, 0.1) is 12.3 Å². The molecule has 1 aromatic heterocycles. The van der Waals surface area contributed by atoms with Crippen LogP contribution < -0.4 is 20.2 Å². The van der Waals surface area contributed by atoms with Crippen molar-refractivity contribution in [1.29, 1.82) is 0 Å². The minimum absolute atomic E-state index is 0.0297. The molecular weight excluding hydrogens is 544 g/mol. The quantitative estimate of drug-likeness (QED) is 0.122. The largest absolute Gasteiger partial charge is 0.490 e. The number of H-pyrrole nitrogens is 1. The predicted molar refractivity (Wildman–Crippen MR) is 158 cm³/mol. The van der Waals surface area contributed by atoms with Crippen molar-refractivity contribution in [2.75, 3.05) is 13.2 Å². The fraction of sp³-hybridized carbons (Fsp3) is 0.194. The highest BCUT2D eigenvalue weighted by molar-refractivity contribution is 6.32. The van der Waals surface area contributed by atoms with Gasteiger partial charge in [-0.05, 0) is 41.8 Å². The molecule has 0 bridgehead atoms. The molecule has 3 aromatic carbocycles. The van der Waals surface area contributed by atoms with Crippen LogP contribution in [0.3, 0.4) is 0 Å². The average Bonchev–Trinajstić information content (AvgIpc) is 3.39. The standard InChI is InChI=1S/C31H29ClN4O5/c1-3-14-40-29-25(32)15-22(16-28(29)39-4-2)18-34-36-30(37)27(17-23-19-33-26-13-9-8-12-24(23)26)35-31(38)41-20-21-10-6-5-7-11-21/h1,5-13,15-16,18-19,27,33H,4,14,17,20H2,2H3,(H,35,38)(H,36,37)/b34-18-/t27-/m0/s1. The molecule has 210 valence electrons. The van der Waals surface area contributed by atoms with Crippen molar-refractivity contribution in [3.05, 3.63) is 94.6 Å². The van der Waals surface area contributed by atoms with Crippen molar-refractivity contribution < 1.29 is 23.8 Å². The smallest absolute Gasteiger partial charge is 0.408 e. The van der Waals surface area contributed by atoms with Gasteiger partial charge in [0.15, 0.2) is 11.5 Å². The predicted octanol–water partition coefficient (Wildman–Crippen LogP) is 5.22. The number of benzene rings is 3. The lowest BCUT2D eigenvalue weighted by molar-refractivity contribution is -0.123. The number of fused-ring (bicyclic) bond motifs is 1. The molecule has 3 N–H and O–H groups in total. The number of halogens is 1. The zero-order chi connectivity index (χ0) is 29.0. The molecule has 1 heterocycles. The highest BCUT2D eigenvalue weighted by Crippen LogP contribution is 2.36. The van der Waals surface area contributed by atoms with Gasteiger partial charge >= 0.3 is 6.09 Å². The van der Waals surface area contributed by atoms with Crippen molar-refractivity contribution in [1.82, 2.24) is 15.7 Å². The summed E-state index contributed by atoms with van der Waals surface area (Å²) in [6.07, 6.45) is 7.98. The molecular formula is C31H29ClN4O5. The van der Waals surface area contributed by atoms with E-state index in [0.717, 1.165) is 22.0 Å². The summed E-state index contributed by atoms with van der Waals surface area (Å²) in [5, 5.41) is 7.96. The van der Waals surface area contributed by atoms with Gasteiger partial charge in [-0.2, -0.15) is 5.10 Å². The Morgan fingerprint density at radius 2 is 1.90 bits per heavy atom. The third kappa shape index (κ3) is 8.03. The Labute approximate surface area is 242 Å². The molecule has 0 aliphatic rings. The number of amides is 2.